The van der Waals surface area contributed by atoms with Gasteiger partial charge in [0.15, 0.2) is 0 Å². The Bertz CT molecular complexity index is 545. The summed E-state index contributed by atoms with van der Waals surface area (Å²) in [5.41, 5.74) is 0.203. The summed E-state index contributed by atoms with van der Waals surface area (Å²) >= 11 is 0. The molecule has 116 valence electrons. The summed E-state index contributed by atoms with van der Waals surface area (Å²) in [7, 11) is 0. The number of aromatic nitrogens is 2. The number of piperazine rings is 1. The van der Waals surface area contributed by atoms with Gasteiger partial charge in [-0.1, -0.05) is 13.3 Å². The Hall–Kier alpha value is -1.69. The van der Waals surface area contributed by atoms with E-state index in [9.17, 15) is 9.59 Å². The number of carbonyl (C=O) groups excluding carboxylic acids is 1. The van der Waals surface area contributed by atoms with E-state index in [-0.39, 0.29) is 23.6 Å². The van der Waals surface area contributed by atoms with Crippen molar-refractivity contribution < 1.29 is 4.79 Å². The first-order valence-corrected chi connectivity index (χ1v) is 7.64. The smallest absolute Gasteiger partial charge is 0.274 e. The number of aryl methyl sites for hydroxylation is 1. The lowest BCUT2D eigenvalue weighted by Crippen LogP contribution is -2.56. The second kappa shape index (κ2) is 6.85. The first-order valence-electron chi connectivity index (χ1n) is 7.64. The monoisotopic (exact) mass is 292 g/mol. The van der Waals surface area contributed by atoms with Crippen molar-refractivity contribution in [2.24, 2.45) is 0 Å². The van der Waals surface area contributed by atoms with Gasteiger partial charge in [0.25, 0.3) is 11.5 Å². The lowest BCUT2D eigenvalue weighted by atomic mass is 10.1. The maximum absolute atomic E-state index is 12.5. The maximum Gasteiger partial charge on any atom is 0.274 e. The van der Waals surface area contributed by atoms with E-state index in [0.717, 1.165) is 12.8 Å². The van der Waals surface area contributed by atoms with Gasteiger partial charge in [-0.15, -0.1) is 0 Å². The Morgan fingerprint density at radius 3 is 2.62 bits per heavy atom. The second-order valence-electron chi connectivity index (χ2n) is 5.81. The van der Waals surface area contributed by atoms with E-state index < -0.39 is 0 Å². The highest BCUT2D eigenvalue weighted by Crippen LogP contribution is 2.08. The fourth-order valence-corrected chi connectivity index (χ4v) is 2.69. The van der Waals surface area contributed by atoms with Crippen molar-refractivity contribution in [3.05, 3.63) is 28.2 Å². The van der Waals surface area contributed by atoms with Crippen molar-refractivity contribution >= 4 is 5.91 Å². The van der Waals surface area contributed by atoms with Gasteiger partial charge in [-0.25, -0.2) is 4.68 Å². The third-order valence-corrected chi connectivity index (χ3v) is 3.65. The predicted octanol–water partition coefficient (Wildman–Crippen LogP) is 0.866. The van der Waals surface area contributed by atoms with Crippen LogP contribution < -0.4 is 10.9 Å². The molecule has 1 aliphatic heterocycles. The summed E-state index contributed by atoms with van der Waals surface area (Å²) in [5, 5.41) is 7.62. The van der Waals surface area contributed by atoms with Gasteiger partial charge in [0.2, 0.25) is 0 Å². The normalized spacial score (nSPS) is 22.3. The standard InChI is InChI=1S/C15H24N4O2/c1-4-5-8-19-14(20)7-6-13(17-19)15(21)18-9-11(2)16-12(3)10-18/h6-7,11-12,16H,4-5,8-10H2,1-3H3/t11-,12-/m1/s1. The minimum atomic E-state index is -0.151. The van der Waals surface area contributed by atoms with Gasteiger partial charge in [-0.3, -0.25) is 9.59 Å². The van der Waals surface area contributed by atoms with Crippen LogP contribution >= 0.6 is 0 Å². The second-order valence-corrected chi connectivity index (χ2v) is 5.81. The van der Waals surface area contributed by atoms with Gasteiger partial charge < -0.3 is 10.2 Å². The summed E-state index contributed by atoms with van der Waals surface area (Å²) in [5.74, 6) is -0.0968. The van der Waals surface area contributed by atoms with Crippen LogP contribution in [0.25, 0.3) is 0 Å². The molecule has 2 atom stereocenters. The van der Waals surface area contributed by atoms with E-state index in [1.807, 2.05) is 4.90 Å². The van der Waals surface area contributed by atoms with E-state index in [1.54, 1.807) is 0 Å². The molecule has 1 aromatic heterocycles. The molecule has 0 unspecified atom stereocenters. The van der Waals surface area contributed by atoms with Crippen LogP contribution in [0.5, 0.6) is 0 Å². The van der Waals surface area contributed by atoms with Crippen LogP contribution in [-0.4, -0.2) is 45.8 Å². The lowest BCUT2D eigenvalue weighted by Gasteiger charge is -2.35. The third kappa shape index (κ3) is 3.91. The van der Waals surface area contributed by atoms with Crippen molar-refractivity contribution in [1.82, 2.24) is 20.0 Å². The molecule has 6 nitrogen and oxygen atoms in total. The van der Waals surface area contributed by atoms with Crippen LogP contribution in [0.1, 0.15) is 44.1 Å². The van der Waals surface area contributed by atoms with Crippen molar-refractivity contribution in [2.45, 2.75) is 52.2 Å². The molecule has 2 heterocycles. The van der Waals surface area contributed by atoms with E-state index in [0.29, 0.717) is 25.3 Å². The first-order chi connectivity index (χ1) is 10.0. The van der Waals surface area contributed by atoms with E-state index >= 15 is 0 Å². The SMILES string of the molecule is CCCCn1nc(C(=O)N2C[C@@H](C)N[C@H](C)C2)ccc1=O. The summed E-state index contributed by atoms with van der Waals surface area (Å²) in [6.07, 6.45) is 1.87. The Morgan fingerprint density at radius 2 is 2.00 bits per heavy atom. The van der Waals surface area contributed by atoms with Crippen LogP contribution in [-0.2, 0) is 6.54 Å². The Morgan fingerprint density at radius 1 is 1.33 bits per heavy atom. The molecule has 1 fully saturated rings. The molecule has 1 N–H and O–H groups in total. The minimum absolute atomic E-state index is 0.0968. The number of nitrogens with zero attached hydrogens (tertiary/aromatic N) is 3. The molecule has 0 aromatic carbocycles. The summed E-state index contributed by atoms with van der Waals surface area (Å²) in [6.45, 7) is 8.07. The molecular weight excluding hydrogens is 268 g/mol. The summed E-state index contributed by atoms with van der Waals surface area (Å²) in [4.78, 5) is 26.1. The largest absolute Gasteiger partial charge is 0.334 e. The van der Waals surface area contributed by atoms with Gasteiger partial charge in [0, 0.05) is 37.8 Å². The molecule has 0 saturated carbocycles. The maximum atomic E-state index is 12.5. The van der Waals surface area contributed by atoms with Gasteiger partial charge in [-0.05, 0) is 26.3 Å². The fraction of sp³-hybridized carbons (Fsp3) is 0.667. The number of amides is 1. The molecule has 6 heteroatoms. The molecule has 1 aliphatic rings. The number of nitrogens with one attached hydrogen (secondary N) is 1. The zero-order valence-corrected chi connectivity index (χ0v) is 13.0. The fourth-order valence-electron chi connectivity index (χ4n) is 2.69. The molecule has 1 saturated heterocycles. The molecule has 1 aromatic rings. The molecule has 0 aliphatic carbocycles. The minimum Gasteiger partial charge on any atom is -0.334 e. The predicted molar refractivity (Wildman–Crippen MR) is 81.4 cm³/mol. The van der Waals surface area contributed by atoms with E-state index in [2.05, 4.69) is 31.2 Å². The van der Waals surface area contributed by atoms with Gasteiger partial charge >= 0.3 is 0 Å². The van der Waals surface area contributed by atoms with Crippen molar-refractivity contribution in [1.29, 1.82) is 0 Å². The van der Waals surface area contributed by atoms with Gasteiger partial charge in [0.05, 0.1) is 0 Å². The highest BCUT2D eigenvalue weighted by atomic mass is 16.2. The van der Waals surface area contributed by atoms with Crippen LogP contribution in [0.3, 0.4) is 0 Å². The quantitative estimate of drug-likeness (QED) is 0.894. The van der Waals surface area contributed by atoms with Crippen molar-refractivity contribution in [3.8, 4) is 0 Å². The lowest BCUT2D eigenvalue weighted by molar-refractivity contribution is 0.0665. The molecule has 21 heavy (non-hydrogen) atoms. The van der Waals surface area contributed by atoms with E-state index in [4.69, 9.17) is 0 Å². The van der Waals surface area contributed by atoms with Crippen molar-refractivity contribution in [3.63, 3.8) is 0 Å². The molecule has 1 amide bonds. The van der Waals surface area contributed by atoms with Crippen LogP contribution in [0.4, 0.5) is 0 Å². The Kier molecular flexibility index (Phi) is 5.12. The molecule has 0 spiro atoms. The average Bonchev–Trinajstić information content (AvgIpc) is 2.44. The summed E-state index contributed by atoms with van der Waals surface area (Å²) < 4.78 is 1.39. The molecule has 0 radical (unpaired) electrons. The highest BCUT2D eigenvalue weighted by Gasteiger charge is 2.26. The topological polar surface area (TPSA) is 67.2 Å². The molecule has 2 rings (SSSR count). The number of hydrogen-bond acceptors (Lipinski definition) is 4. The zero-order chi connectivity index (χ0) is 15.4. The zero-order valence-electron chi connectivity index (χ0n) is 13.0. The number of rotatable bonds is 4. The number of hydrogen-bond donors (Lipinski definition) is 1. The van der Waals surface area contributed by atoms with Crippen LogP contribution in [0, 0.1) is 0 Å². The van der Waals surface area contributed by atoms with Crippen LogP contribution in [0.2, 0.25) is 0 Å². The number of unbranched alkanes of at least 4 members (excludes halogenated alkanes) is 1. The van der Waals surface area contributed by atoms with E-state index in [1.165, 1.54) is 16.8 Å². The summed E-state index contributed by atoms with van der Waals surface area (Å²) in [6, 6.07) is 3.50. The average molecular weight is 292 g/mol. The Balaban J connectivity index is 2.17. The Labute approximate surface area is 125 Å². The van der Waals surface area contributed by atoms with Gasteiger partial charge in [0.1, 0.15) is 5.69 Å². The van der Waals surface area contributed by atoms with Crippen molar-refractivity contribution in [2.75, 3.05) is 13.1 Å². The molecule has 0 bridgehead atoms. The van der Waals surface area contributed by atoms with Gasteiger partial charge in [-0.2, -0.15) is 5.10 Å². The third-order valence-electron chi connectivity index (χ3n) is 3.65. The highest BCUT2D eigenvalue weighted by molar-refractivity contribution is 5.92. The molecular formula is C15H24N4O2. The van der Waals surface area contributed by atoms with Crippen LogP contribution in [0.15, 0.2) is 16.9 Å². The first kappa shape index (κ1) is 15.7. The number of carbonyl (C=O) groups is 1.